The Kier molecular flexibility index (Phi) is 7.72. The van der Waals surface area contributed by atoms with Gasteiger partial charge in [-0.15, -0.1) is 0 Å². The Morgan fingerprint density at radius 3 is 2.56 bits per heavy atom. The summed E-state index contributed by atoms with van der Waals surface area (Å²) in [6, 6.07) is 0.186. The maximum Gasteiger partial charge on any atom is 0.407 e. The number of hydrogen-bond donors (Lipinski definition) is 4. The van der Waals surface area contributed by atoms with Crippen molar-refractivity contribution in [3.8, 4) is 0 Å². The van der Waals surface area contributed by atoms with Gasteiger partial charge in [0.1, 0.15) is 5.60 Å². The lowest BCUT2D eigenvalue weighted by Crippen LogP contribution is -2.69. The summed E-state index contributed by atoms with van der Waals surface area (Å²) >= 11 is 0. The Balaban J connectivity index is 1.24. The number of aliphatic hydroxyl groups excluding tert-OH is 1. The zero-order valence-corrected chi connectivity index (χ0v) is 24.2. The molecule has 0 radical (unpaired) electrons. The Morgan fingerprint density at radius 1 is 1.15 bits per heavy atom. The number of nitrogens with one attached hydrogen (secondary N) is 2. The molecule has 0 aromatic heterocycles. The summed E-state index contributed by atoms with van der Waals surface area (Å²) < 4.78 is 22.4. The number of alkyl carbamates (subject to hydrolysis) is 1. The van der Waals surface area contributed by atoms with Crippen LogP contribution in [-0.2, 0) is 19.1 Å². The van der Waals surface area contributed by atoms with E-state index in [1.54, 1.807) is 26.8 Å². The molecule has 4 N–H and O–H groups in total. The number of ketones is 2. The fraction of sp³-hybridized carbons (Fsp3) is 0.742. The quantitative estimate of drug-likeness (QED) is 0.366. The van der Waals surface area contributed by atoms with Gasteiger partial charge in [-0.1, -0.05) is 38.3 Å². The largest absolute Gasteiger partial charge is 0.441 e. The van der Waals surface area contributed by atoms with Crippen LogP contribution < -0.4 is 10.6 Å². The maximum atomic E-state index is 17.3. The third kappa shape index (κ3) is 4.56. The van der Waals surface area contributed by atoms with Gasteiger partial charge in [0.05, 0.1) is 6.10 Å². The van der Waals surface area contributed by atoms with Crippen molar-refractivity contribution in [2.45, 2.75) is 102 Å². The normalized spacial score (nSPS) is 41.6. The lowest BCUT2D eigenvalue weighted by atomic mass is 9.44. The Hall–Kier alpha value is -2.59. The molecule has 0 unspecified atom stereocenters. The SMILES string of the molecule is C[C@@H]1C[C@H]2[C@@H]3CCC4=CC(=O)C=C[C@]4(C)[C@@]3(F)[C@@H](O)C[C@]2(C)[C@@]1(O)C(=O)COC(=O)NCCC(=O)NC1CCCC1. The molecule has 2 amide bonds. The Labute approximate surface area is 240 Å². The second kappa shape index (κ2) is 10.6. The summed E-state index contributed by atoms with van der Waals surface area (Å²) in [6.07, 6.45) is 7.37. The molecule has 5 aliphatic carbocycles. The van der Waals surface area contributed by atoms with Crippen molar-refractivity contribution in [2.75, 3.05) is 13.2 Å². The van der Waals surface area contributed by atoms with Crippen LogP contribution in [0.5, 0.6) is 0 Å². The van der Waals surface area contributed by atoms with E-state index in [2.05, 4.69) is 10.6 Å². The number of ether oxygens (including phenoxy) is 1. The fourth-order valence-corrected chi connectivity index (χ4v) is 9.08. The monoisotopic (exact) mass is 574 g/mol. The smallest absolute Gasteiger partial charge is 0.407 e. The third-order valence-corrected chi connectivity index (χ3v) is 11.3. The van der Waals surface area contributed by atoms with Gasteiger partial charge in [0.2, 0.25) is 11.7 Å². The first-order chi connectivity index (χ1) is 19.3. The molecular formula is C31H43FN2O7. The molecule has 4 fully saturated rings. The van der Waals surface area contributed by atoms with E-state index in [-0.39, 0.29) is 37.1 Å². The number of rotatable bonds is 7. The standard InChI is InChI=1S/C31H43FN2O7/c1-18-14-23-22-9-8-19-15-21(35)10-12-28(19,2)30(22,32)24(36)16-29(23,3)31(18,40)25(37)17-41-27(39)33-13-11-26(38)34-20-6-4-5-7-20/h10,12,15,18,20,22-24,36,40H,4-9,11,13-14,16-17H2,1-3H3,(H,33,39)(H,34,38)/t18-,22+,23+,24+,28+,29+,30+,31+/m1/s1. The minimum absolute atomic E-state index is 0.0493. The topological polar surface area (TPSA) is 142 Å². The molecule has 226 valence electrons. The number of halogens is 1. The number of aliphatic hydroxyl groups is 2. The highest BCUT2D eigenvalue weighted by molar-refractivity contribution is 6.01. The van der Waals surface area contributed by atoms with Crippen molar-refractivity contribution in [3.05, 3.63) is 23.8 Å². The zero-order valence-electron chi connectivity index (χ0n) is 24.2. The predicted octanol–water partition coefficient (Wildman–Crippen LogP) is 3.08. The summed E-state index contributed by atoms with van der Waals surface area (Å²) in [4.78, 5) is 49.9. The number of alkyl halides is 1. The summed E-state index contributed by atoms with van der Waals surface area (Å²) in [5.74, 6) is -2.64. The third-order valence-electron chi connectivity index (χ3n) is 11.3. The second-order valence-electron chi connectivity index (χ2n) is 13.4. The molecule has 9 nitrogen and oxygen atoms in total. The van der Waals surface area contributed by atoms with Crippen LogP contribution in [0.2, 0.25) is 0 Å². The zero-order chi connectivity index (χ0) is 29.8. The van der Waals surface area contributed by atoms with Gasteiger partial charge >= 0.3 is 6.09 Å². The molecule has 0 heterocycles. The van der Waals surface area contributed by atoms with Crippen molar-refractivity contribution in [1.29, 1.82) is 0 Å². The van der Waals surface area contributed by atoms with Gasteiger partial charge in [-0.2, -0.15) is 0 Å². The molecule has 5 rings (SSSR count). The number of carbonyl (C=O) groups excluding carboxylic acids is 4. The molecular weight excluding hydrogens is 531 g/mol. The molecule has 0 aromatic carbocycles. The van der Waals surface area contributed by atoms with Gasteiger partial charge in [0.15, 0.2) is 18.1 Å². The van der Waals surface area contributed by atoms with Crippen LogP contribution in [0, 0.1) is 28.6 Å². The number of allylic oxidation sites excluding steroid dienone is 4. The summed E-state index contributed by atoms with van der Waals surface area (Å²) in [5.41, 5.74) is -5.64. The first-order valence-electron chi connectivity index (χ1n) is 15.0. The number of Topliss-reactive ketones (excluding diaryl/α,β-unsaturated/α-hetero) is 1. The molecule has 41 heavy (non-hydrogen) atoms. The molecule has 8 atom stereocenters. The first kappa shape index (κ1) is 29.9. The number of fused-ring (bicyclic) bond motifs is 5. The molecule has 0 bridgehead atoms. The second-order valence-corrected chi connectivity index (χ2v) is 13.4. The Morgan fingerprint density at radius 2 is 1.85 bits per heavy atom. The highest BCUT2D eigenvalue weighted by atomic mass is 19.1. The average molecular weight is 575 g/mol. The van der Waals surface area contributed by atoms with E-state index in [9.17, 15) is 29.4 Å². The van der Waals surface area contributed by atoms with Crippen LogP contribution in [-0.4, -0.2) is 70.3 Å². The van der Waals surface area contributed by atoms with Crippen molar-refractivity contribution in [1.82, 2.24) is 10.6 Å². The van der Waals surface area contributed by atoms with Crippen molar-refractivity contribution >= 4 is 23.6 Å². The van der Waals surface area contributed by atoms with Gasteiger partial charge in [-0.05, 0) is 69.4 Å². The van der Waals surface area contributed by atoms with Crippen LogP contribution in [0.4, 0.5) is 9.18 Å². The lowest BCUT2D eigenvalue weighted by Gasteiger charge is -2.62. The number of carbonyl (C=O) groups is 4. The molecule has 0 aromatic rings. The average Bonchev–Trinajstić information content (AvgIpc) is 3.49. The van der Waals surface area contributed by atoms with E-state index >= 15 is 4.39 Å². The van der Waals surface area contributed by atoms with Crippen molar-refractivity contribution < 1.29 is 38.5 Å². The Bertz CT molecular complexity index is 1180. The van der Waals surface area contributed by atoms with E-state index < -0.39 is 64.4 Å². The van der Waals surface area contributed by atoms with E-state index in [0.717, 1.165) is 25.7 Å². The van der Waals surface area contributed by atoms with Crippen LogP contribution >= 0.6 is 0 Å². The minimum Gasteiger partial charge on any atom is -0.441 e. The summed E-state index contributed by atoms with van der Waals surface area (Å²) in [7, 11) is 0. The summed E-state index contributed by atoms with van der Waals surface area (Å²) in [6.45, 7) is 4.57. The van der Waals surface area contributed by atoms with Crippen molar-refractivity contribution in [2.24, 2.45) is 28.6 Å². The fourth-order valence-electron chi connectivity index (χ4n) is 9.08. The molecule has 0 aliphatic heterocycles. The van der Waals surface area contributed by atoms with Gasteiger partial charge in [-0.25, -0.2) is 9.18 Å². The van der Waals surface area contributed by atoms with Crippen LogP contribution in [0.25, 0.3) is 0 Å². The van der Waals surface area contributed by atoms with Crippen LogP contribution in [0.3, 0.4) is 0 Å². The molecule has 0 saturated heterocycles. The van der Waals surface area contributed by atoms with Gasteiger partial charge in [-0.3, -0.25) is 14.4 Å². The van der Waals surface area contributed by atoms with E-state index in [4.69, 9.17) is 4.74 Å². The minimum atomic E-state index is -2.06. The lowest BCUT2D eigenvalue weighted by molar-refractivity contribution is -0.219. The molecule has 4 saturated carbocycles. The first-order valence-corrected chi connectivity index (χ1v) is 15.0. The van der Waals surface area contributed by atoms with E-state index in [0.29, 0.717) is 24.8 Å². The number of hydrogen-bond acceptors (Lipinski definition) is 7. The maximum absolute atomic E-state index is 17.3. The van der Waals surface area contributed by atoms with Crippen LogP contribution in [0.15, 0.2) is 23.8 Å². The molecule has 0 spiro atoms. The molecule has 10 heteroatoms. The van der Waals surface area contributed by atoms with E-state index in [1.165, 1.54) is 12.2 Å². The highest BCUT2D eigenvalue weighted by Gasteiger charge is 2.75. The predicted molar refractivity (Wildman–Crippen MR) is 147 cm³/mol. The van der Waals surface area contributed by atoms with E-state index in [1.807, 2.05) is 0 Å². The number of amides is 2. The molecule has 5 aliphatic rings. The van der Waals surface area contributed by atoms with Crippen LogP contribution in [0.1, 0.15) is 78.6 Å². The highest BCUT2D eigenvalue weighted by Crippen LogP contribution is 2.70. The summed E-state index contributed by atoms with van der Waals surface area (Å²) in [5, 5.41) is 28.8. The van der Waals surface area contributed by atoms with Gasteiger partial charge in [0, 0.05) is 35.8 Å². The van der Waals surface area contributed by atoms with Crippen molar-refractivity contribution in [3.63, 3.8) is 0 Å². The van der Waals surface area contributed by atoms with Gasteiger partial charge < -0.3 is 25.6 Å². The van der Waals surface area contributed by atoms with Gasteiger partial charge in [0.25, 0.3) is 0 Å².